The van der Waals surface area contributed by atoms with E-state index in [0.717, 1.165) is 17.2 Å². The second-order valence-electron chi connectivity index (χ2n) is 3.01. The quantitative estimate of drug-likeness (QED) is 0.719. The average Bonchev–Trinajstić information content (AvgIpc) is 2.49. The lowest BCUT2D eigenvalue weighted by Gasteiger charge is -2.04. The molecule has 2 rings (SSSR count). The summed E-state index contributed by atoms with van der Waals surface area (Å²) < 4.78 is 1.74. The summed E-state index contributed by atoms with van der Waals surface area (Å²) in [6.07, 6.45) is 1.75. The zero-order valence-corrected chi connectivity index (χ0v) is 8.65. The van der Waals surface area contributed by atoms with Gasteiger partial charge in [0.2, 0.25) is 5.28 Å². The van der Waals surface area contributed by atoms with Crippen LogP contribution in [0.2, 0.25) is 5.28 Å². The number of halogens is 1. The Morgan fingerprint density at radius 2 is 2.00 bits per heavy atom. The molecule has 0 radical (unpaired) electrons. The molecule has 0 amide bonds. The SMILES string of the molecule is Cc1ccc(-n2c(C)nnc2Cl)cn1. The van der Waals surface area contributed by atoms with Crippen LogP contribution in [0.15, 0.2) is 18.3 Å². The highest BCUT2D eigenvalue weighted by atomic mass is 35.5. The van der Waals surface area contributed by atoms with E-state index in [0.29, 0.717) is 5.28 Å². The standard InChI is InChI=1S/C9H9ClN4/c1-6-3-4-8(5-11-6)14-7(2)12-13-9(14)10/h3-5H,1-2H3. The lowest BCUT2D eigenvalue weighted by atomic mass is 10.3. The predicted molar refractivity (Wildman–Crippen MR) is 53.6 cm³/mol. The fourth-order valence-electron chi connectivity index (χ4n) is 1.22. The molecule has 14 heavy (non-hydrogen) atoms. The first-order valence-electron chi connectivity index (χ1n) is 4.19. The summed E-state index contributed by atoms with van der Waals surface area (Å²) in [6.45, 7) is 3.78. The van der Waals surface area contributed by atoms with Crippen LogP contribution in [0.1, 0.15) is 11.5 Å². The van der Waals surface area contributed by atoms with Crippen molar-refractivity contribution < 1.29 is 0 Å². The molecule has 4 nitrogen and oxygen atoms in total. The first-order valence-corrected chi connectivity index (χ1v) is 4.57. The highest BCUT2D eigenvalue weighted by Gasteiger charge is 2.07. The van der Waals surface area contributed by atoms with Crippen LogP contribution in [0, 0.1) is 13.8 Å². The van der Waals surface area contributed by atoms with Crippen molar-refractivity contribution in [3.05, 3.63) is 35.1 Å². The van der Waals surface area contributed by atoms with Gasteiger partial charge in [-0.3, -0.25) is 9.55 Å². The molecule has 0 saturated carbocycles. The Morgan fingerprint density at radius 3 is 2.50 bits per heavy atom. The Morgan fingerprint density at radius 1 is 1.21 bits per heavy atom. The molecule has 0 aliphatic carbocycles. The van der Waals surface area contributed by atoms with Crippen LogP contribution in [0.25, 0.3) is 5.69 Å². The second kappa shape index (κ2) is 3.38. The third-order valence-corrected chi connectivity index (χ3v) is 2.18. The molecule has 0 N–H and O–H groups in total. The van der Waals surface area contributed by atoms with Crippen LogP contribution >= 0.6 is 11.6 Å². The molecule has 0 bridgehead atoms. The molecule has 0 aromatic carbocycles. The third kappa shape index (κ3) is 1.48. The van der Waals surface area contributed by atoms with Gasteiger partial charge >= 0.3 is 0 Å². The first kappa shape index (κ1) is 9.15. The van der Waals surface area contributed by atoms with Crippen molar-refractivity contribution in [1.82, 2.24) is 19.7 Å². The van der Waals surface area contributed by atoms with Crippen LogP contribution in [0.3, 0.4) is 0 Å². The van der Waals surface area contributed by atoms with E-state index in [1.807, 2.05) is 26.0 Å². The zero-order valence-electron chi connectivity index (χ0n) is 7.90. The number of hydrogen-bond donors (Lipinski definition) is 0. The van der Waals surface area contributed by atoms with E-state index in [4.69, 9.17) is 11.6 Å². The Bertz CT molecular complexity index is 427. The van der Waals surface area contributed by atoms with Crippen LogP contribution < -0.4 is 0 Å². The third-order valence-electron chi connectivity index (χ3n) is 1.94. The molecule has 2 aromatic heterocycles. The molecule has 0 atom stereocenters. The number of aryl methyl sites for hydroxylation is 2. The van der Waals surface area contributed by atoms with Crippen molar-refractivity contribution in [2.45, 2.75) is 13.8 Å². The highest BCUT2D eigenvalue weighted by Crippen LogP contribution is 2.15. The minimum atomic E-state index is 0.355. The maximum absolute atomic E-state index is 5.88. The molecular formula is C9H9ClN4. The lowest BCUT2D eigenvalue weighted by molar-refractivity contribution is 0.957. The van der Waals surface area contributed by atoms with Gasteiger partial charge < -0.3 is 0 Å². The average molecular weight is 209 g/mol. The fourth-order valence-corrected chi connectivity index (χ4v) is 1.48. The van der Waals surface area contributed by atoms with Gasteiger partial charge in [0, 0.05) is 5.69 Å². The Hall–Kier alpha value is -1.42. The van der Waals surface area contributed by atoms with Crippen molar-refractivity contribution in [3.63, 3.8) is 0 Å². The van der Waals surface area contributed by atoms with Crippen molar-refractivity contribution in [2.75, 3.05) is 0 Å². The number of rotatable bonds is 1. The Labute approximate surface area is 86.6 Å². The largest absolute Gasteiger partial charge is 0.268 e. The van der Waals surface area contributed by atoms with Gasteiger partial charge in [0.25, 0.3) is 0 Å². The minimum absolute atomic E-state index is 0.355. The van der Waals surface area contributed by atoms with Crippen LogP contribution in [-0.2, 0) is 0 Å². The van der Waals surface area contributed by atoms with E-state index in [2.05, 4.69) is 15.2 Å². The normalized spacial score (nSPS) is 10.5. The summed E-state index contributed by atoms with van der Waals surface area (Å²) in [4.78, 5) is 4.18. The van der Waals surface area contributed by atoms with Gasteiger partial charge in [-0.05, 0) is 37.6 Å². The van der Waals surface area contributed by atoms with Gasteiger partial charge in [0.05, 0.1) is 11.9 Å². The summed E-state index contributed by atoms with van der Waals surface area (Å²) in [5, 5.41) is 7.99. The van der Waals surface area contributed by atoms with E-state index in [9.17, 15) is 0 Å². The van der Waals surface area contributed by atoms with E-state index in [-0.39, 0.29) is 0 Å². The fraction of sp³-hybridized carbons (Fsp3) is 0.222. The Balaban J connectivity index is 2.54. The summed E-state index contributed by atoms with van der Waals surface area (Å²) in [5.74, 6) is 0.751. The molecule has 0 aliphatic heterocycles. The van der Waals surface area contributed by atoms with Crippen molar-refractivity contribution in [3.8, 4) is 5.69 Å². The van der Waals surface area contributed by atoms with Gasteiger partial charge in [-0.1, -0.05) is 0 Å². The van der Waals surface area contributed by atoms with Crippen molar-refractivity contribution >= 4 is 11.6 Å². The maximum atomic E-state index is 5.88. The topological polar surface area (TPSA) is 43.6 Å². The molecule has 0 saturated heterocycles. The summed E-state index contributed by atoms with van der Waals surface area (Å²) in [5.41, 5.74) is 1.85. The molecule has 72 valence electrons. The predicted octanol–water partition coefficient (Wildman–Crippen LogP) is 1.93. The van der Waals surface area contributed by atoms with Crippen molar-refractivity contribution in [2.24, 2.45) is 0 Å². The molecule has 0 fully saturated rings. The monoisotopic (exact) mass is 208 g/mol. The van der Waals surface area contributed by atoms with E-state index >= 15 is 0 Å². The molecular weight excluding hydrogens is 200 g/mol. The van der Waals surface area contributed by atoms with Crippen LogP contribution in [0.4, 0.5) is 0 Å². The minimum Gasteiger partial charge on any atom is -0.268 e. The maximum Gasteiger partial charge on any atom is 0.229 e. The van der Waals surface area contributed by atoms with E-state index < -0.39 is 0 Å². The van der Waals surface area contributed by atoms with E-state index in [1.54, 1.807) is 10.8 Å². The molecule has 0 spiro atoms. The molecule has 0 unspecified atom stereocenters. The molecule has 2 aromatic rings. The van der Waals surface area contributed by atoms with Gasteiger partial charge in [-0.15, -0.1) is 10.2 Å². The molecule has 5 heteroatoms. The highest BCUT2D eigenvalue weighted by molar-refractivity contribution is 6.28. The first-order chi connectivity index (χ1) is 6.68. The smallest absolute Gasteiger partial charge is 0.229 e. The number of aromatic nitrogens is 4. The van der Waals surface area contributed by atoms with Gasteiger partial charge in [-0.25, -0.2) is 0 Å². The van der Waals surface area contributed by atoms with Crippen molar-refractivity contribution in [1.29, 1.82) is 0 Å². The number of pyridine rings is 1. The second-order valence-corrected chi connectivity index (χ2v) is 3.35. The van der Waals surface area contributed by atoms with Crippen LogP contribution in [-0.4, -0.2) is 19.7 Å². The zero-order chi connectivity index (χ0) is 10.1. The lowest BCUT2D eigenvalue weighted by Crippen LogP contribution is -1.98. The summed E-state index contributed by atoms with van der Waals surface area (Å²) >= 11 is 5.88. The number of nitrogens with zero attached hydrogens (tertiary/aromatic N) is 4. The summed E-state index contributed by atoms with van der Waals surface area (Å²) in [6, 6.07) is 3.86. The van der Waals surface area contributed by atoms with E-state index in [1.165, 1.54) is 0 Å². The molecule has 0 aliphatic rings. The van der Waals surface area contributed by atoms with Gasteiger partial charge in [0.15, 0.2) is 0 Å². The summed E-state index contributed by atoms with van der Waals surface area (Å²) in [7, 11) is 0. The van der Waals surface area contributed by atoms with Gasteiger partial charge in [-0.2, -0.15) is 0 Å². The molecule has 2 heterocycles. The number of hydrogen-bond acceptors (Lipinski definition) is 3. The Kier molecular flexibility index (Phi) is 2.21. The van der Waals surface area contributed by atoms with Gasteiger partial charge in [0.1, 0.15) is 5.82 Å². The van der Waals surface area contributed by atoms with Crippen LogP contribution in [0.5, 0.6) is 0 Å².